The van der Waals surface area contributed by atoms with Crippen LogP contribution < -0.4 is 0 Å². The van der Waals surface area contributed by atoms with Crippen LogP contribution in [0.5, 0.6) is 0 Å². The molecule has 2 aromatic heterocycles. The molecule has 0 saturated heterocycles. The van der Waals surface area contributed by atoms with Crippen LogP contribution in [0.25, 0.3) is 5.65 Å². The van der Waals surface area contributed by atoms with Gasteiger partial charge in [0.25, 0.3) is 0 Å². The Bertz CT molecular complexity index is 694. The van der Waals surface area contributed by atoms with Crippen LogP contribution in [0.2, 0.25) is 0 Å². The molecule has 0 atom stereocenters. The highest BCUT2D eigenvalue weighted by molar-refractivity contribution is 9.11. The Kier molecular flexibility index (Phi) is 3.13. The minimum Gasteiger partial charge on any atom is -0.228 e. The molecular formula is C12H8Br2N4. The highest BCUT2D eigenvalue weighted by Crippen LogP contribution is 2.18. The molecule has 0 aliphatic heterocycles. The van der Waals surface area contributed by atoms with Gasteiger partial charge in [-0.25, -0.2) is 14.5 Å². The predicted octanol–water partition coefficient (Wildman–Crippen LogP) is 3.24. The Morgan fingerprint density at radius 2 is 1.83 bits per heavy atom. The fraction of sp³-hybridized carbons (Fsp3) is 0.0833. The van der Waals surface area contributed by atoms with Crippen LogP contribution in [-0.4, -0.2) is 19.6 Å². The average molecular weight is 368 g/mol. The lowest BCUT2D eigenvalue weighted by Crippen LogP contribution is -1.92. The van der Waals surface area contributed by atoms with E-state index in [0.29, 0.717) is 11.0 Å². The number of halogens is 2. The van der Waals surface area contributed by atoms with E-state index >= 15 is 0 Å². The molecule has 90 valence electrons. The maximum absolute atomic E-state index is 4.47. The molecule has 6 heteroatoms. The highest BCUT2D eigenvalue weighted by Gasteiger charge is 2.09. The van der Waals surface area contributed by atoms with Gasteiger partial charge in [-0.05, 0) is 37.4 Å². The van der Waals surface area contributed by atoms with Gasteiger partial charge in [0.1, 0.15) is 4.60 Å². The van der Waals surface area contributed by atoms with Crippen LogP contribution in [0.1, 0.15) is 11.4 Å². The Morgan fingerprint density at radius 3 is 2.61 bits per heavy atom. The summed E-state index contributed by atoms with van der Waals surface area (Å²) in [6.07, 6.45) is 2.51. The standard InChI is InChI=1S/C12H8Br2N4/c13-9-7-18-12(11(14)15-9)16-10(17-18)6-8-4-2-1-3-5-8/h1-5,7H,6H2. The number of benzene rings is 1. The highest BCUT2D eigenvalue weighted by atomic mass is 79.9. The first kappa shape index (κ1) is 11.8. The Balaban J connectivity index is 2.01. The lowest BCUT2D eigenvalue weighted by Gasteiger charge is -1.94. The van der Waals surface area contributed by atoms with E-state index in [9.17, 15) is 0 Å². The summed E-state index contributed by atoms with van der Waals surface area (Å²) in [6, 6.07) is 10.2. The zero-order chi connectivity index (χ0) is 12.5. The summed E-state index contributed by atoms with van der Waals surface area (Å²) < 4.78 is 3.13. The van der Waals surface area contributed by atoms with E-state index in [2.05, 4.69) is 59.1 Å². The van der Waals surface area contributed by atoms with Crippen molar-refractivity contribution in [3.63, 3.8) is 0 Å². The molecule has 0 unspecified atom stereocenters. The molecule has 0 fully saturated rings. The molecule has 4 nitrogen and oxygen atoms in total. The monoisotopic (exact) mass is 366 g/mol. The van der Waals surface area contributed by atoms with Gasteiger partial charge in [0.2, 0.25) is 0 Å². The summed E-state index contributed by atoms with van der Waals surface area (Å²) in [7, 11) is 0. The molecule has 0 aliphatic carbocycles. The first-order chi connectivity index (χ1) is 8.72. The van der Waals surface area contributed by atoms with Crippen molar-refractivity contribution in [2.75, 3.05) is 0 Å². The molecule has 2 heterocycles. The topological polar surface area (TPSA) is 43.1 Å². The summed E-state index contributed by atoms with van der Waals surface area (Å²) in [5.74, 6) is 0.779. The molecule has 0 aliphatic rings. The van der Waals surface area contributed by atoms with Crippen molar-refractivity contribution in [1.29, 1.82) is 0 Å². The second-order valence-electron chi connectivity index (χ2n) is 3.81. The van der Waals surface area contributed by atoms with Crippen molar-refractivity contribution in [2.24, 2.45) is 0 Å². The number of aromatic nitrogens is 4. The average Bonchev–Trinajstić information content (AvgIpc) is 2.73. The minimum absolute atomic E-state index is 0.684. The Morgan fingerprint density at radius 1 is 1.06 bits per heavy atom. The third-order valence-electron chi connectivity index (χ3n) is 2.50. The van der Waals surface area contributed by atoms with Crippen molar-refractivity contribution in [1.82, 2.24) is 19.6 Å². The van der Waals surface area contributed by atoms with Crippen LogP contribution in [0.4, 0.5) is 0 Å². The van der Waals surface area contributed by atoms with Gasteiger partial charge in [-0.3, -0.25) is 0 Å². The zero-order valence-corrected chi connectivity index (χ0v) is 12.4. The SMILES string of the molecule is Brc1cn2nc(Cc3ccccc3)nc2c(Br)n1. The maximum Gasteiger partial charge on any atom is 0.188 e. The molecule has 3 aromatic rings. The smallest absolute Gasteiger partial charge is 0.188 e. The molecule has 0 amide bonds. The van der Waals surface area contributed by atoms with Crippen LogP contribution in [0, 0.1) is 0 Å². The lowest BCUT2D eigenvalue weighted by atomic mass is 10.1. The van der Waals surface area contributed by atoms with Gasteiger partial charge >= 0.3 is 0 Å². The van der Waals surface area contributed by atoms with Crippen molar-refractivity contribution in [3.8, 4) is 0 Å². The summed E-state index contributed by atoms with van der Waals surface area (Å²) in [4.78, 5) is 8.70. The second kappa shape index (κ2) is 4.78. The van der Waals surface area contributed by atoms with Gasteiger partial charge in [0.05, 0.1) is 6.20 Å². The van der Waals surface area contributed by atoms with Crippen LogP contribution in [-0.2, 0) is 6.42 Å². The molecule has 0 saturated carbocycles. The first-order valence-corrected chi connectivity index (χ1v) is 6.92. The minimum atomic E-state index is 0.684. The zero-order valence-electron chi connectivity index (χ0n) is 9.22. The summed E-state index contributed by atoms with van der Waals surface area (Å²) in [6.45, 7) is 0. The van der Waals surface area contributed by atoms with E-state index in [1.165, 1.54) is 5.56 Å². The van der Waals surface area contributed by atoms with Crippen LogP contribution >= 0.6 is 31.9 Å². The Hall–Kier alpha value is -1.27. The predicted molar refractivity (Wildman–Crippen MR) is 75.4 cm³/mol. The lowest BCUT2D eigenvalue weighted by molar-refractivity contribution is 0.885. The third kappa shape index (κ3) is 2.30. The van der Waals surface area contributed by atoms with Gasteiger partial charge < -0.3 is 0 Å². The number of fused-ring (bicyclic) bond motifs is 1. The van der Waals surface area contributed by atoms with Gasteiger partial charge in [-0.2, -0.15) is 5.10 Å². The van der Waals surface area contributed by atoms with Crippen LogP contribution in [0.15, 0.2) is 45.7 Å². The second-order valence-corrected chi connectivity index (χ2v) is 5.38. The fourth-order valence-electron chi connectivity index (χ4n) is 1.73. The molecule has 0 radical (unpaired) electrons. The fourth-order valence-corrected chi connectivity index (χ4v) is 2.80. The quantitative estimate of drug-likeness (QED) is 0.698. The molecule has 18 heavy (non-hydrogen) atoms. The van der Waals surface area contributed by atoms with Crippen molar-refractivity contribution < 1.29 is 0 Å². The molecule has 1 aromatic carbocycles. The van der Waals surface area contributed by atoms with E-state index in [0.717, 1.165) is 16.1 Å². The van der Waals surface area contributed by atoms with Gasteiger partial charge in [-0.1, -0.05) is 30.3 Å². The van der Waals surface area contributed by atoms with Gasteiger partial charge in [0.15, 0.2) is 16.1 Å². The molecule has 0 bridgehead atoms. The molecule has 0 spiro atoms. The van der Waals surface area contributed by atoms with Crippen molar-refractivity contribution in [3.05, 3.63) is 57.1 Å². The number of rotatable bonds is 2. The number of hydrogen-bond acceptors (Lipinski definition) is 3. The maximum atomic E-state index is 4.47. The molecule has 3 rings (SSSR count). The number of hydrogen-bond donors (Lipinski definition) is 0. The number of nitrogens with zero attached hydrogens (tertiary/aromatic N) is 4. The van der Waals surface area contributed by atoms with Crippen molar-refractivity contribution >= 4 is 37.5 Å². The van der Waals surface area contributed by atoms with Gasteiger partial charge in [-0.15, -0.1) is 0 Å². The van der Waals surface area contributed by atoms with E-state index in [1.807, 2.05) is 18.2 Å². The van der Waals surface area contributed by atoms with Crippen molar-refractivity contribution in [2.45, 2.75) is 6.42 Å². The Labute approximate surface area is 120 Å². The first-order valence-electron chi connectivity index (χ1n) is 5.33. The summed E-state index contributed by atoms with van der Waals surface area (Å²) in [5, 5.41) is 4.44. The molecule has 0 N–H and O–H groups in total. The van der Waals surface area contributed by atoms with Gasteiger partial charge in [0, 0.05) is 6.42 Å². The summed E-state index contributed by atoms with van der Waals surface area (Å²) in [5.41, 5.74) is 1.92. The van der Waals surface area contributed by atoms with Crippen LogP contribution in [0.3, 0.4) is 0 Å². The molecular weight excluding hydrogens is 360 g/mol. The van der Waals surface area contributed by atoms with E-state index in [-0.39, 0.29) is 0 Å². The normalized spacial score (nSPS) is 11.0. The largest absolute Gasteiger partial charge is 0.228 e. The van der Waals surface area contributed by atoms with E-state index in [1.54, 1.807) is 10.7 Å². The summed E-state index contributed by atoms with van der Waals surface area (Å²) >= 11 is 6.71. The third-order valence-corrected chi connectivity index (χ3v) is 3.41. The van der Waals surface area contributed by atoms with E-state index in [4.69, 9.17) is 0 Å². The van der Waals surface area contributed by atoms with E-state index < -0.39 is 0 Å².